The first kappa shape index (κ1) is 18.0. The molecule has 2 amide bonds. The lowest BCUT2D eigenvalue weighted by atomic mass is 10.1. The second-order valence-corrected chi connectivity index (χ2v) is 6.29. The summed E-state index contributed by atoms with van der Waals surface area (Å²) in [5.41, 5.74) is 2.65. The number of halogens is 1. The van der Waals surface area contributed by atoms with Gasteiger partial charge in [0.1, 0.15) is 5.75 Å². The molecule has 134 valence electrons. The lowest BCUT2D eigenvalue weighted by Gasteiger charge is -2.06. The van der Waals surface area contributed by atoms with E-state index in [9.17, 15) is 9.59 Å². The summed E-state index contributed by atoms with van der Waals surface area (Å²) < 4.78 is 5.46. The van der Waals surface area contributed by atoms with Gasteiger partial charge in [-0.3, -0.25) is 9.59 Å². The van der Waals surface area contributed by atoms with E-state index < -0.39 is 0 Å². The van der Waals surface area contributed by atoms with Gasteiger partial charge in [-0.05, 0) is 53.6 Å². The smallest absolute Gasteiger partial charge is 0.251 e. The minimum absolute atomic E-state index is 0.202. The summed E-state index contributed by atoms with van der Waals surface area (Å²) in [6, 6.07) is 12.5. The average Bonchev–Trinajstić information content (AvgIpc) is 3.11. The molecule has 2 N–H and O–H groups in total. The summed E-state index contributed by atoms with van der Waals surface area (Å²) in [6.45, 7) is 1.41. The summed E-state index contributed by atoms with van der Waals surface area (Å²) in [6.07, 6.45) is 4.15. The van der Waals surface area contributed by atoms with Crippen molar-refractivity contribution in [3.05, 3.63) is 70.3 Å². The van der Waals surface area contributed by atoms with Crippen molar-refractivity contribution in [3.8, 4) is 5.75 Å². The molecule has 26 heavy (non-hydrogen) atoms. The van der Waals surface area contributed by atoms with Crippen LogP contribution in [-0.2, 0) is 11.2 Å². The van der Waals surface area contributed by atoms with E-state index in [2.05, 4.69) is 10.6 Å². The first-order valence-electron chi connectivity index (χ1n) is 8.37. The fraction of sp³-hybridized carbons (Fsp3) is 0.200. The van der Waals surface area contributed by atoms with Gasteiger partial charge in [0.15, 0.2) is 0 Å². The molecule has 0 bridgehead atoms. The van der Waals surface area contributed by atoms with Gasteiger partial charge in [0, 0.05) is 36.2 Å². The van der Waals surface area contributed by atoms with E-state index in [-0.39, 0.29) is 11.8 Å². The molecule has 6 heteroatoms. The van der Waals surface area contributed by atoms with Crippen molar-refractivity contribution >= 4 is 29.5 Å². The summed E-state index contributed by atoms with van der Waals surface area (Å²) in [5.74, 6) is 0.511. The Kier molecular flexibility index (Phi) is 5.92. The van der Waals surface area contributed by atoms with Gasteiger partial charge in [-0.2, -0.15) is 0 Å². The molecule has 0 saturated carbocycles. The SMILES string of the molecule is O=C(/C=C/c1ccc2c(c1)CCO2)NCCNC(=O)c1ccc(Cl)cc1. The van der Waals surface area contributed by atoms with Crippen molar-refractivity contribution in [1.82, 2.24) is 10.6 Å². The molecule has 0 aromatic heterocycles. The molecule has 1 heterocycles. The van der Waals surface area contributed by atoms with Crippen molar-refractivity contribution < 1.29 is 14.3 Å². The van der Waals surface area contributed by atoms with Crippen molar-refractivity contribution in [2.75, 3.05) is 19.7 Å². The number of hydrogen-bond donors (Lipinski definition) is 2. The number of nitrogens with one attached hydrogen (secondary N) is 2. The number of ether oxygens (including phenoxy) is 1. The maximum Gasteiger partial charge on any atom is 0.251 e. The lowest BCUT2D eigenvalue weighted by Crippen LogP contribution is -2.33. The normalized spacial score (nSPS) is 12.5. The number of benzene rings is 2. The van der Waals surface area contributed by atoms with Crippen LogP contribution in [0.1, 0.15) is 21.5 Å². The molecule has 0 spiro atoms. The van der Waals surface area contributed by atoms with Crippen LogP contribution < -0.4 is 15.4 Å². The molecule has 5 nitrogen and oxygen atoms in total. The zero-order chi connectivity index (χ0) is 18.4. The van der Waals surface area contributed by atoms with Crippen LogP contribution in [0.25, 0.3) is 6.08 Å². The van der Waals surface area contributed by atoms with Gasteiger partial charge in [0.05, 0.1) is 6.61 Å². The maximum absolute atomic E-state index is 11.9. The summed E-state index contributed by atoms with van der Waals surface area (Å²) in [7, 11) is 0. The molecule has 0 aliphatic carbocycles. The second-order valence-electron chi connectivity index (χ2n) is 5.85. The highest BCUT2D eigenvalue weighted by molar-refractivity contribution is 6.30. The number of carbonyl (C=O) groups excluding carboxylic acids is 2. The number of carbonyl (C=O) groups is 2. The fourth-order valence-corrected chi connectivity index (χ4v) is 2.73. The fourth-order valence-electron chi connectivity index (χ4n) is 2.61. The van der Waals surface area contributed by atoms with E-state index in [1.54, 1.807) is 30.3 Å². The molecular formula is C20H19ClN2O3. The quantitative estimate of drug-likeness (QED) is 0.607. The van der Waals surface area contributed by atoms with Gasteiger partial charge in [-0.15, -0.1) is 0 Å². The van der Waals surface area contributed by atoms with E-state index in [1.807, 2.05) is 18.2 Å². The minimum Gasteiger partial charge on any atom is -0.493 e. The third-order valence-electron chi connectivity index (χ3n) is 3.96. The van der Waals surface area contributed by atoms with E-state index in [0.717, 1.165) is 23.3 Å². The van der Waals surface area contributed by atoms with Crippen LogP contribution in [0.15, 0.2) is 48.5 Å². The maximum atomic E-state index is 11.9. The molecule has 0 atom stereocenters. The Labute approximate surface area is 157 Å². The van der Waals surface area contributed by atoms with Crippen LogP contribution in [-0.4, -0.2) is 31.5 Å². The predicted molar refractivity (Wildman–Crippen MR) is 101 cm³/mol. The molecule has 3 rings (SSSR count). The molecule has 1 aliphatic heterocycles. The largest absolute Gasteiger partial charge is 0.493 e. The third-order valence-corrected chi connectivity index (χ3v) is 4.21. The molecule has 2 aromatic rings. The van der Waals surface area contributed by atoms with Crippen molar-refractivity contribution in [2.24, 2.45) is 0 Å². The molecule has 0 unspecified atom stereocenters. The Morgan fingerprint density at radius 2 is 1.85 bits per heavy atom. The molecular weight excluding hydrogens is 352 g/mol. The topological polar surface area (TPSA) is 67.4 Å². The number of amides is 2. The van der Waals surface area contributed by atoms with Gasteiger partial charge in [-0.25, -0.2) is 0 Å². The molecule has 2 aromatic carbocycles. The Bertz CT molecular complexity index is 831. The van der Waals surface area contributed by atoms with Gasteiger partial charge >= 0.3 is 0 Å². The predicted octanol–water partition coefficient (Wildman–Crippen LogP) is 2.83. The minimum atomic E-state index is -0.206. The van der Waals surface area contributed by atoms with Crippen LogP contribution in [0, 0.1) is 0 Å². The highest BCUT2D eigenvalue weighted by Crippen LogP contribution is 2.26. The zero-order valence-electron chi connectivity index (χ0n) is 14.1. The lowest BCUT2D eigenvalue weighted by molar-refractivity contribution is -0.116. The summed E-state index contributed by atoms with van der Waals surface area (Å²) in [4.78, 5) is 23.8. The second kappa shape index (κ2) is 8.54. The van der Waals surface area contributed by atoms with Gasteiger partial charge in [-0.1, -0.05) is 17.7 Å². The zero-order valence-corrected chi connectivity index (χ0v) is 14.9. The Hall–Kier alpha value is -2.79. The molecule has 0 radical (unpaired) electrons. The average molecular weight is 371 g/mol. The van der Waals surface area contributed by atoms with Crippen molar-refractivity contribution in [3.63, 3.8) is 0 Å². The number of hydrogen-bond acceptors (Lipinski definition) is 3. The molecule has 0 saturated heterocycles. The van der Waals surface area contributed by atoms with E-state index in [4.69, 9.17) is 16.3 Å². The van der Waals surface area contributed by atoms with Gasteiger partial charge in [0.25, 0.3) is 5.91 Å². The first-order chi connectivity index (χ1) is 12.6. The van der Waals surface area contributed by atoms with E-state index in [1.165, 1.54) is 6.08 Å². The molecule has 1 aliphatic rings. The Morgan fingerprint density at radius 3 is 2.65 bits per heavy atom. The Balaban J connectivity index is 1.40. The monoisotopic (exact) mass is 370 g/mol. The Morgan fingerprint density at radius 1 is 1.08 bits per heavy atom. The summed E-state index contributed by atoms with van der Waals surface area (Å²) in [5, 5.41) is 6.06. The van der Waals surface area contributed by atoms with Crippen molar-refractivity contribution in [1.29, 1.82) is 0 Å². The van der Waals surface area contributed by atoms with Crippen LogP contribution in [0.2, 0.25) is 5.02 Å². The third kappa shape index (κ3) is 4.86. The standard InChI is InChI=1S/C20H19ClN2O3/c21-17-5-3-15(4-6-17)20(25)23-11-10-22-19(24)8-2-14-1-7-18-16(13-14)9-12-26-18/h1-8,13H,9-12H2,(H,22,24)(H,23,25)/b8-2+. The van der Waals surface area contributed by atoms with Crippen molar-refractivity contribution in [2.45, 2.75) is 6.42 Å². The highest BCUT2D eigenvalue weighted by atomic mass is 35.5. The van der Waals surface area contributed by atoms with E-state index >= 15 is 0 Å². The van der Waals surface area contributed by atoms with Gasteiger partial charge in [0.2, 0.25) is 5.91 Å². The summed E-state index contributed by atoms with van der Waals surface area (Å²) >= 11 is 5.79. The van der Waals surface area contributed by atoms with E-state index in [0.29, 0.717) is 30.3 Å². The van der Waals surface area contributed by atoms with Crippen LogP contribution in [0.4, 0.5) is 0 Å². The number of rotatable bonds is 6. The molecule has 0 fully saturated rings. The highest BCUT2D eigenvalue weighted by Gasteiger charge is 2.11. The first-order valence-corrected chi connectivity index (χ1v) is 8.75. The number of fused-ring (bicyclic) bond motifs is 1. The van der Waals surface area contributed by atoms with Crippen LogP contribution >= 0.6 is 11.6 Å². The van der Waals surface area contributed by atoms with Crippen LogP contribution in [0.5, 0.6) is 5.75 Å². The van der Waals surface area contributed by atoms with Gasteiger partial charge < -0.3 is 15.4 Å². The van der Waals surface area contributed by atoms with Crippen LogP contribution in [0.3, 0.4) is 0 Å².